The Morgan fingerprint density at radius 2 is 1.88 bits per heavy atom. The normalized spacial score (nSPS) is 24.2. The summed E-state index contributed by atoms with van der Waals surface area (Å²) in [4.78, 5) is 33.1. The minimum atomic E-state index is -4.23. The predicted molar refractivity (Wildman–Crippen MR) is 99.2 cm³/mol. The maximum absolute atomic E-state index is 12.5. The van der Waals surface area contributed by atoms with Crippen LogP contribution in [0.2, 0.25) is 0 Å². The maximum Gasteiger partial charge on any atom is 0.348 e. The topological polar surface area (TPSA) is 271 Å². The van der Waals surface area contributed by atoms with Crippen molar-refractivity contribution in [2.45, 2.75) is 36.4 Å². The summed E-state index contributed by atoms with van der Waals surface area (Å²) < 4.78 is 0. The van der Waals surface area contributed by atoms with E-state index in [1.807, 2.05) is 0 Å². The number of aliphatic hydroxyl groups is 8. The van der Waals surface area contributed by atoms with Gasteiger partial charge in [-0.15, -0.1) is 0 Å². The lowest BCUT2D eigenvalue weighted by Gasteiger charge is -2.59. The van der Waals surface area contributed by atoms with Gasteiger partial charge in [-0.3, -0.25) is 9.78 Å². The van der Waals surface area contributed by atoms with Gasteiger partial charge in [-0.05, 0) is 6.07 Å². The van der Waals surface area contributed by atoms with Gasteiger partial charge in [0, 0.05) is 19.2 Å². The lowest BCUT2D eigenvalue weighted by Crippen LogP contribution is -2.86. The number of aromatic amines is 2. The summed E-state index contributed by atoms with van der Waals surface area (Å²) in [6, 6.07) is 0.0152. The molecule has 2 atom stereocenters. The second-order valence-corrected chi connectivity index (χ2v) is 7.45. The number of fused-ring (bicyclic) bond motifs is 1. The molecule has 0 bridgehead atoms. The first kappa shape index (κ1) is 23.5. The predicted octanol–water partition coefficient (Wildman–Crippen LogP) is -5.30. The summed E-state index contributed by atoms with van der Waals surface area (Å²) in [5, 5.41) is 91.1. The van der Waals surface area contributed by atoms with Crippen molar-refractivity contribution in [2.75, 3.05) is 11.9 Å². The average molecular weight is 456 g/mol. The van der Waals surface area contributed by atoms with E-state index < -0.39 is 51.9 Å². The fourth-order valence-electron chi connectivity index (χ4n) is 3.83. The Balaban J connectivity index is 2.25. The van der Waals surface area contributed by atoms with E-state index in [0.717, 1.165) is 18.9 Å². The number of likely N-dealkylation sites (N-methyl/N-ethyl adjacent to an activating group) is 1. The van der Waals surface area contributed by atoms with Crippen molar-refractivity contribution >= 4 is 22.8 Å². The molecule has 3 rings (SSSR count). The molecule has 0 aromatic carbocycles. The second kappa shape index (κ2) is 6.93. The van der Waals surface area contributed by atoms with Gasteiger partial charge in [0.15, 0.2) is 0 Å². The molecule has 32 heavy (non-hydrogen) atoms. The van der Waals surface area contributed by atoms with Crippen LogP contribution in [-0.2, 0) is 4.79 Å². The van der Waals surface area contributed by atoms with Crippen LogP contribution in [0.3, 0.4) is 0 Å². The number of nitrogens with one attached hydrogen (secondary N) is 2. The van der Waals surface area contributed by atoms with Gasteiger partial charge in [0.25, 0.3) is 5.91 Å². The summed E-state index contributed by atoms with van der Waals surface area (Å²) in [6.07, 6.45) is 1.40. The molecule has 0 saturated carbocycles. The zero-order chi connectivity index (χ0) is 24.4. The largest absolute Gasteiger partial charge is 0.360 e. The highest BCUT2D eigenvalue weighted by molar-refractivity contribution is 5.88. The van der Waals surface area contributed by atoms with Crippen molar-refractivity contribution in [3.05, 3.63) is 22.7 Å². The molecular weight excluding hydrogens is 436 g/mol. The minimum absolute atomic E-state index is 0.150. The van der Waals surface area contributed by atoms with Crippen LogP contribution < -0.4 is 10.6 Å². The van der Waals surface area contributed by atoms with Crippen LogP contribution in [0.4, 0.5) is 5.82 Å². The van der Waals surface area contributed by atoms with Crippen LogP contribution in [0.25, 0.3) is 11.0 Å². The molecule has 16 heteroatoms. The Bertz CT molecular complexity index is 1160. The molecule has 0 aliphatic carbocycles. The van der Waals surface area contributed by atoms with Gasteiger partial charge in [-0.1, -0.05) is 6.92 Å². The lowest BCUT2D eigenvalue weighted by molar-refractivity contribution is -0.497. The quantitative estimate of drug-likeness (QED) is 0.153. The first-order valence-corrected chi connectivity index (χ1v) is 8.87. The number of hydrogen-bond acceptors (Lipinski definition) is 13. The molecular formula is C16H20N6O10. The summed E-state index contributed by atoms with van der Waals surface area (Å²) in [5.74, 6) is -20.4. The van der Waals surface area contributed by atoms with Crippen molar-refractivity contribution in [2.24, 2.45) is 5.92 Å². The monoisotopic (exact) mass is 456 g/mol. The van der Waals surface area contributed by atoms with E-state index in [1.54, 1.807) is 0 Å². The molecule has 10 N–H and O–H groups in total. The van der Waals surface area contributed by atoms with Gasteiger partial charge in [-0.2, -0.15) is 10.2 Å². The number of hydrogen-bond donors (Lipinski definition) is 10. The summed E-state index contributed by atoms with van der Waals surface area (Å²) in [7, 11) is 1.10. The molecule has 1 saturated heterocycles. The average Bonchev–Trinajstić information content (AvgIpc) is 3.13. The number of nitriles is 1. The number of H-pyrrole nitrogens is 2. The van der Waals surface area contributed by atoms with E-state index in [2.05, 4.69) is 15.0 Å². The number of carbonyl (C=O) groups excluding carboxylic acids is 1. The van der Waals surface area contributed by atoms with Crippen molar-refractivity contribution in [1.82, 2.24) is 19.9 Å². The number of rotatable bonds is 3. The van der Waals surface area contributed by atoms with Crippen molar-refractivity contribution in [1.29, 1.82) is 5.26 Å². The molecule has 0 spiro atoms. The van der Waals surface area contributed by atoms with Crippen LogP contribution >= 0.6 is 0 Å². The van der Waals surface area contributed by atoms with Gasteiger partial charge in [0.2, 0.25) is 5.79 Å². The van der Waals surface area contributed by atoms with E-state index in [1.165, 1.54) is 12.3 Å². The third kappa shape index (κ3) is 3.04. The van der Waals surface area contributed by atoms with Gasteiger partial charge in [0.1, 0.15) is 23.6 Å². The van der Waals surface area contributed by atoms with Crippen LogP contribution in [0.1, 0.15) is 6.92 Å². The zero-order valence-corrected chi connectivity index (χ0v) is 16.5. The van der Waals surface area contributed by atoms with Gasteiger partial charge in [0.05, 0.1) is 5.39 Å². The highest BCUT2D eigenvalue weighted by atomic mass is 16.6. The van der Waals surface area contributed by atoms with Crippen LogP contribution in [0, 0.1) is 17.2 Å². The van der Waals surface area contributed by atoms with Crippen molar-refractivity contribution < 1.29 is 45.6 Å². The SMILES string of the molecule is C[C@H]1[C@@H](N(C)c2nc(=O)[nH]c3[nH]ccc23)C(O)(O)N(C(=O)C(O)(O)C#N)C(O)(O)C1(O)O. The summed E-state index contributed by atoms with van der Waals surface area (Å²) in [5.41, 5.74) is -0.747. The molecule has 0 radical (unpaired) electrons. The zero-order valence-electron chi connectivity index (χ0n) is 16.5. The van der Waals surface area contributed by atoms with E-state index in [9.17, 15) is 50.4 Å². The molecule has 1 aliphatic rings. The van der Waals surface area contributed by atoms with Crippen LogP contribution in [-0.4, -0.2) is 103 Å². The second-order valence-electron chi connectivity index (χ2n) is 7.45. The van der Waals surface area contributed by atoms with Crippen molar-refractivity contribution in [3.63, 3.8) is 0 Å². The molecule has 16 nitrogen and oxygen atoms in total. The van der Waals surface area contributed by atoms with E-state index in [0.29, 0.717) is 6.07 Å². The van der Waals surface area contributed by atoms with Crippen LogP contribution in [0.5, 0.6) is 0 Å². The number of nitrogens with zero attached hydrogens (tertiary/aromatic N) is 4. The van der Waals surface area contributed by atoms with Gasteiger partial charge < -0.3 is 50.7 Å². The van der Waals surface area contributed by atoms with Gasteiger partial charge >= 0.3 is 23.3 Å². The number of likely N-dealkylation sites (tertiary alicyclic amines) is 1. The first-order chi connectivity index (χ1) is 14.5. The number of piperidine rings is 1. The van der Waals surface area contributed by atoms with Crippen LogP contribution in [0.15, 0.2) is 17.1 Å². The Kier molecular flexibility index (Phi) is 5.09. The summed E-state index contributed by atoms with van der Waals surface area (Å²) >= 11 is 0. The molecule has 1 amide bonds. The molecule has 1 fully saturated rings. The van der Waals surface area contributed by atoms with Gasteiger partial charge in [-0.25, -0.2) is 9.69 Å². The summed E-state index contributed by atoms with van der Waals surface area (Å²) in [6.45, 7) is 0.933. The standard InChI is InChI=1S/C16H20N6O10/c1-6-8(21(2)10-7-3-4-18-9(7)19-12(24)20-10)15(29,30)22(11(23)13(25,26)5-17)16(31,32)14(6,27)28/h3-4,6,8,25-32H,1-2H3,(H2,18,19,20,24)/t6-,8+/m0/s1. The third-order valence-electron chi connectivity index (χ3n) is 5.48. The highest BCUT2D eigenvalue weighted by Gasteiger charge is 2.74. The number of anilines is 1. The number of aromatic nitrogens is 3. The smallest absolute Gasteiger partial charge is 0.348 e. The maximum atomic E-state index is 12.5. The Labute approximate surface area is 177 Å². The fourth-order valence-corrected chi connectivity index (χ4v) is 3.83. The first-order valence-electron chi connectivity index (χ1n) is 8.87. The van der Waals surface area contributed by atoms with E-state index in [4.69, 9.17) is 5.26 Å². The fraction of sp³-hybridized carbons (Fsp3) is 0.500. The molecule has 0 unspecified atom stereocenters. The highest BCUT2D eigenvalue weighted by Crippen LogP contribution is 2.46. The minimum Gasteiger partial charge on any atom is -0.360 e. The molecule has 174 valence electrons. The lowest BCUT2D eigenvalue weighted by atomic mass is 9.80. The third-order valence-corrected chi connectivity index (χ3v) is 5.48. The molecule has 1 aliphatic heterocycles. The Morgan fingerprint density at radius 1 is 1.28 bits per heavy atom. The molecule has 2 aromatic rings. The Hall–Kier alpha value is -3.14. The Morgan fingerprint density at radius 3 is 2.44 bits per heavy atom. The van der Waals surface area contributed by atoms with E-state index in [-0.39, 0.29) is 16.9 Å². The number of amides is 1. The molecule has 3 heterocycles. The van der Waals surface area contributed by atoms with Crippen molar-refractivity contribution in [3.8, 4) is 6.07 Å². The van der Waals surface area contributed by atoms with E-state index >= 15 is 0 Å². The molecule has 2 aromatic heterocycles. The number of carbonyl (C=O) groups is 1.